The van der Waals surface area contributed by atoms with Crippen LogP contribution in [0.4, 0.5) is 0 Å². The van der Waals surface area contributed by atoms with Crippen LogP contribution in [0.3, 0.4) is 0 Å². The molecule has 0 spiro atoms. The molecule has 2 heterocycles. The molecule has 31 heavy (non-hydrogen) atoms. The molecular formula is C26H28N2O3. The van der Waals surface area contributed by atoms with Gasteiger partial charge in [0, 0.05) is 23.1 Å². The number of nitrogens with zero attached hydrogens (tertiary/aromatic N) is 2. The number of ketones is 1. The predicted octanol–water partition coefficient (Wildman–Crippen LogP) is 5.44. The molecule has 1 aliphatic heterocycles. The van der Waals surface area contributed by atoms with Gasteiger partial charge < -0.3 is 4.84 Å². The van der Waals surface area contributed by atoms with Crippen molar-refractivity contribution in [1.29, 1.82) is 0 Å². The minimum atomic E-state index is -0.630. The number of rotatable bonds is 4. The van der Waals surface area contributed by atoms with Crippen LogP contribution in [0.1, 0.15) is 50.4 Å². The number of piperidine rings is 1. The molecule has 0 aliphatic carbocycles. The standard InChI is InChI=1S/C26H28N2O3/c1-26(2,3)25(30)31-28-16-10-9-15-23(28)24(29)20-17-22(18-11-5-4-6-12-18)27-21-14-8-7-13-19(20)21/h4-8,11-14,17,23H,9-10,15-16H2,1-3H3. The number of Topliss-reactive ketones (excluding diaryl/α,β-unsaturated/α-hetero) is 1. The van der Waals surface area contributed by atoms with Gasteiger partial charge in [-0.2, -0.15) is 0 Å². The minimum absolute atomic E-state index is 0.0304. The number of benzene rings is 2. The van der Waals surface area contributed by atoms with Gasteiger partial charge in [-0.3, -0.25) is 4.79 Å². The number of hydroxylamine groups is 2. The average molecular weight is 417 g/mol. The van der Waals surface area contributed by atoms with E-state index in [0.29, 0.717) is 18.5 Å². The first-order valence-corrected chi connectivity index (χ1v) is 10.8. The van der Waals surface area contributed by atoms with E-state index in [1.165, 1.54) is 0 Å². The molecule has 1 atom stereocenters. The third-order valence-electron chi connectivity index (χ3n) is 5.62. The summed E-state index contributed by atoms with van der Waals surface area (Å²) in [4.78, 5) is 36.8. The first kappa shape index (κ1) is 21.2. The van der Waals surface area contributed by atoms with Crippen LogP contribution < -0.4 is 0 Å². The van der Waals surface area contributed by atoms with Crippen molar-refractivity contribution in [3.63, 3.8) is 0 Å². The van der Waals surface area contributed by atoms with Crippen molar-refractivity contribution in [2.24, 2.45) is 5.41 Å². The van der Waals surface area contributed by atoms with Gasteiger partial charge in [-0.05, 0) is 52.2 Å². The van der Waals surface area contributed by atoms with Crippen molar-refractivity contribution < 1.29 is 14.4 Å². The Kier molecular flexibility index (Phi) is 5.88. The summed E-state index contributed by atoms with van der Waals surface area (Å²) in [5, 5.41) is 2.41. The minimum Gasteiger partial charge on any atom is -0.367 e. The highest BCUT2D eigenvalue weighted by atomic mass is 16.7. The van der Waals surface area contributed by atoms with Crippen molar-refractivity contribution in [2.75, 3.05) is 6.54 Å². The molecule has 0 radical (unpaired) electrons. The number of aromatic nitrogens is 1. The number of fused-ring (bicyclic) bond motifs is 1. The van der Waals surface area contributed by atoms with Gasteiger partial charge in [0.05, 0.1) is 16.6 Å². The highest BCUT2D eigenvalue weighted by molar-refractivity contribution is 6.10. The topological polar surface area (TPSA) is 59.5 Å². The van der Waals surface area contributed by atoms with Gasteiger partial charge in [0.2, 0.25) is 0 Å². The fourth-order valence-electron chi connectivity index (χ4n) is 3.84. The Morgan fingerprint density at radius 3 is 2.45 bits per heavy atom. The Morgan fingerprint density at radius 1 is 1.00 bits per heavy atom. The third kappa shape index (κ3) is 4.52. The lowest BCUT2D eigenvalue weighted by atomic mass is 9.92. The summed E-state index contributed by atoms with van der Waals surface area (Å²) in [5.74, 6) is -0.353. The first-order chi connectivity index (χ1) is 14.8. The highest BCUT2D eigenvalue weighted by Gasteiger charge is 2.35. The van der Waals surface area contributed by atoms with Crippen molar-refractivity contribution in [3.05, 3.63) is 66.2 Å². The second kappa shape index (κ2) is 8.60. The van der Waals surface area contributed by atoms with E-state index in [0.717, 1.165) is 35.0 Å². The van der Waals surface area contributed by atoms with Gasteiger partial charge in [0.1, 0.15) is 6.04 Å². The van der Waals surface area contributed by atoms with Gasteiger partial charge >= 0.3 is 5.97 Å². The Labute approximate surface area is 183 Å². The molecule has 4 rings (SSSR count). The fourth-order valence-corrected chi connectivity index (χ4v) is 3.84. The number of carbonyl (C=O) groups is 2. The summed E-state index contributed by atoms with van der Waals surface area (Å²) in [6.07, 6.45) is 2.48. The number of hydrogen-bond acceptors (Lipinski definition) is 5. The molecule has 0 N–H and O–H groups in total. The first-order valence-electron chi connectivity index (χ1n) is 10.8. The molecular weight excluding hydrogens is 388 g/mol. The van der Waals surface area contributed by atoms with E-state index in [4.69, 9.17) is 9.82 Å². The smallest absolute Gasteiger partial charge is 0.330 e. The molecule has 0 bridgehead atoms. The van der Waals surface area contributed by atoms with Crippen LogP contribution in [0.25, 0.3) is 22.2 Å². The van der Waals surface area contributed by atoms with E-state index in [-0.39, 0.29) is 11.8 Å². The monoisotopic (exact) mass is 416 g/mol. The Hall–Kier alpha value is -3.05. The zero-order valence-electron chi connectivity index (χ0n) is 18.3. The van der Waals surface area contributed by atoms with E-state index in [2.05, 4.69) is 0 Å². The summed E-state index contributed by atoms with van der Waals surface area (Å²) in [7, 11) is 0. The molecule has 1 aliphatic rings. The summed E-state index contributed by atoms with van der Waals surface area (Å²) < 4.78 is 0. The number of hydrogen-bond donors (Lipinski definition) is 0. The highest BCUT2D eigenvalue weighted by Crippen LogP contribution is 2.29. The SMILES string of the molecule is CC(C)(C)C(=O)ON1CCCCC1C(=O)c1cc(-c2ccccc2)nc2ccccc12. The normalized spacial score (nSPS) is 17.5. The second-order valence-corrected chi connectivity index (χ2v) is 9.08. The quantitative estimate of drug-likeness (QED) is 0.530. The van der Waals surface area contributed by atoms with Crippen molar-refractivity contribution in [3.8, 4) is 11.3 Å². The van der Waals surface area contributed by atoms with Gasteiger partial charge in [-0.15, -0.1) is 5.06 Å². The summed E-state index contributed by atoms with van der Waals surface area (Å²) in [6.45, 7) is 6.02. The molecule has 3 aromatic rings. The van der Waals surface area contributed by atoms with Gasteiger partial charge in [-0.25, -0.2) is 9.78 Å². The van der Waals surface area contributed by atoms with Crippen LogP contribution in [0.5, 0.6) is 0 Å². The van der Waals surface area contributed by atoms with E-state index >= 15 is 0 Å². The Balaban J connectivity index is 1.74. The molecule has 1 saturated heterocycles. The average Bonchev–Trinajstić information content (AvgIpc) is 2.78. The van der Waals surface area contributed by atoms with E-state index in [9.17, 15) is 9.59 Å². The van der Waals surface area contributed by atoms with Crippen LogP contribution in [-0.2, 0) is 9.63 Å². The molecule has 0 saturated carbocycles. The molecule has 5 heteroatoms. The zero-order chi connectivity index (χ0) is 22.0. The molecule has 1 unspecified atom stereocenters. The van der Waals surface area contributed by atoms with Gasteiger partial charge in [0.15, 0.2) is 5.78 Å². The van der Waals surface area contributed by atoms with Crippen LogP contribution in [-0.4, -0.2) is 34.4 Å². The van der Waals surface area contributed by atoms with Crippen molar-refractivity contribution in [1.82, 2.24) is 10.0 Å². The van der Waals surface area contributed by atoms with E-state index in [1.54, 1.807) is 5.06 Å². The number of pyridine rings is 1. The third-order valence-corrected chi connectivity index (χ3v) is 5.62. The van der Waals surface area contributed by atoms with Crippen molar-refractivity contribution >= 4 is 22.7 Å². The molecule has 1 fully saturated rings. The van der Waals surface area contributed by atoms with Crippen molar-refractivity contribution in [2.45, 2.75) is 46.1 Å². The maximum absolute atomic E-state index is 13.8. The van der Waals surface area contributed by atoms with Gasteiger partial charge in [-0.1, -0.05) is 48.5 Å². The van der Waals surface area contributed by atoms with E-state index < -0.39 is 11.5 Å². The maximum Gasteiger partial charge on any atom is 0.330 e. The second-order valence-electron chi connectivity index (χ2n) is 9.08. The van der Waals surface area contributed by atoms with E-state index in [1.807, 2.05) is 81.4 Å². The Morgan fingerprint density at radius 2 is 1.71 bits per heavy atom. The Bertz CT molecular complexity index is 1100. The molecule has 2 aromatic carbocycles. The van der Waals surface area contributed by atoms with Gasteiger partial charge in [0.25, 0.3) is 0 Å². The number of carbonyl (C=O) groups excluding carboxylic acids is 2. The number of para-hydroxylation sites is 1. The van der Waals surface area contributed by atoms with Crippen LogP contribution >= 0.6 is 0 Å². The molecule has 0 amide bonds. The fraction of sp³-hybridized carbons (Fsp3) is 0.346. The summed E-state index contributed by atoms with van der Waals surface area (Å²) >= 11 is 0. The van der Waals surface area contributed by atoms with Crippen LogP contribution in [0.15, 0.2) is 60.7 Å². The molecule has 1 aromatic heterocycles. The maximum atomic E-state index is 13.8. The lowest BCUT2D eigenvalue weighted by Gasteiger charge is -2.34. The van der Waals surface area contributed by atoms with Crippen LogP contribution in [0.2, 0.25) is 0 Å². The lowest BCUT2D eigenvalue weighted by Crippen LogP contribution is -2.47. The van der Waals surface area contributed by atoms with Crippen LogP contribution in [0, 0.1) is 5.41 Å². The molecule has 5 nitrogen and oxygen atoms in total. The summed E-state index contributed by atoms with van der Waals surface area (Å²) in [5.41, 5.74) is 2.49. The summed E-state index contributed by atoms with van der Waals surface area (Å²) in [6, 6.07) is 18.9. The molecule has 160 valence electrons. The largest absolute Gasteiger partial charge is 0.367 e. The lowest BCUT2D eigenvalue weighted by molar-refractivity contribution is -0.211. The predicted molar refractivity (Wildman–Crippen MR) is 121 cm³/mol. The zero-order valence-corrected chi connectivity index (χ0v) is 18.3.